The lowest BCUT2D eigenvalue weighted by Crippen LogP contribution is -2.34. The van der Waals surface area contributed by atoms with Crippen molar-refractivity contribution in [3.05, 3.63) is 35.2 Å². The number of carbonyl (C=O) groups is 2. The first-order valence-corrected chi connectivity index (χ1v) is 8.50. The molecule has 1 aromatic carbocycles. The molecule has 25 heavy (non-hydrogen) atoms. The van der Waals surface area contributed by atoms with Gasteiger partial charge in [0.15, 0.2) is 0 Å². The van der Waals surface area contributed by atoms with E-state index < -0.39 is 5.97 Å². The first kappa shape index (κ1) is 17.4. The number of aromatic nitrogens is 2. The molecule has 0 saturated heterocycles. The summed E-state index contributed by atoms with van der Waals surface area (Å²) in [7, 11) is 0. The normalized spacial score (nSPS) is 20.2. The van der Waals surface area contributed by atoms with Crippen LogP contribution in [0.15, 0.2) is 28.8 Å². The van der Waals surface area contributed by atoms with Gasteiger partial charge in [0.05, 0.1) is 12.5 Å². The largest absolute Gasteiger partial charge is 0.481 e. The molecule has 1 heterocycles. The van der Waals surface area contributed by atoms with E-state index in [9.17, 15) is 9.59 Å². The van der Waals surface area contributed by atoms with E-state index in [1.54, 1.807) is 18.2 Å². The van der Waals surface area contributed by atoms with E-state index in [1.807, 2.05) is 6.07 Å². The zero-order valence-electron chi connectivity index (χ0n) is 13.4. The standard InChI is InChI=1S/C17H18ClN3O4/c18-13-3-1-2-12(8-13)15-20-14(25-21-15)9-19-16(22)10-4-6-11(7-5-10)17(23)24/h1-3,8,10-11H,4-7,9H2,(H,19,22)(H,23,24). The molecule has 0 aliphatic heterocycles. The Morgan fingerprint density at radius 2 is 1.96 bits per heavy atom. The highest BCUT2D eigenvalue weighted by Gasteiger charge is 2.29. The first-order chi connectivity index (χ1) is 12.0. The number of nitrogens with one attached hydrogen (secondary N) is 1. The first-order valence-electron chi connectivity index (χ1n) is 8.12. The maximum atomic E-state index is 12.2. The van der Waals surface area contributed by atoms with Gasteiger partial charge in [0.25, 0.3) is 0 Å². The molecule has 1 aliphatic rings. The Balaban J connectivity index is 1.52. The second-order valence-electron chi connectivity index (χ2n) is 6.13. The van der Waals surface area contributed by atoms with Crippen molar-refractivity contribution in [1.29, 1.82) is 0 Å². The van der Waals surface area contributed by atoms with Gasteiger partial charge in [-0.15, -0.1) is 0 Å². The van der Waals surface area contributed by atoms with Crippen molar-refractivity contribution in [3.8, 4) is 11.4 Å². The average Bonchev–Trinajstić information content (AvgIpc) is 3.09. The van der Waals surface area contributed by atoms with Crippen LogP contribution in [0.5, 0.6) is 0 Å². The van der Waals surface area contributed by atoms with Gasteiger partial charge < -0.3 is 14.9 Å². The molecule has 0 unspecified atom stereocenters. The molecule has 1 fully saturated rings. The lowest BCUT2D eigenvalue weighted by Gasteiger charge is -2.24. The third-order valence-corrected chi connectivity index (χ3v) is 4.65. The lowest BCUT2D eigenvalue weighted by atomic mass is 9.81. The topological polar surface area (TPSA) is 105 Å². The summed E-state index contributed by atoms with van der Waals surface area (Å²) in [5.41, 5.74) is 0.737. The van der Waals surface area contributed by atoms with Crippen molar-refractivity contribution in [2.45, 2.75) is 32.2 Å². The fourth-order valence-corrected chi connectivity index (χ4v) is 3.17. The van der Waals surface area contributed by atoms with E-state index >= 15 is 0 Å². The number of nitrogens with zero attached hydrogens (tertiary/aromatic N) is 2. The van der Waals surface area contributed by atoms with Crippen molar-refractivity contribution in [2.75, 3.05) is 0 Å². The van der Waals surface area contributed by atoms with Crippen LogP contribution in [-0.4, -0.2) is 27.1 Å². The van der Waals surface area contributed by atoms with E-state index in [-0.39, 0.29) is 24.3 Å². The molecule has 1 aromatic heterocycles. The van der Waals surface area contributed by atoms with Gasteiger partial charge in [-0.25, -0.2) is 0 Å². The van der Waals surface area contributed by atoms with Gasteiger partial charge in [-0.1, -0.05) is 28.9 Å². The molecule has 0 spiro atoms. The van der Waals surface area contributed by atoms with E-state index in [2.05, 4.69) is 15.5 Å². The van der Waals surface area contributed by atoms with Gasteiger partial charge in [-0.3, -0.25) is 9.59 Å². The van der Waals surface area contributed by atoms with Crippen LogP contribution < -0.4 is 5.32 Å². The molecule has 2 aromatic rings. The Kier molecular flexibility index (Phi) is 5.33. The molecule has 132 valence electrons. The summed E-state index contributed by atoms with van der Waals surface area (Å²) >= 11 is 5.94. The number of amides is 1. The van der Waals surface area contributed by atoms with Crippen molar-refractivity contribution in [3.63, 3.8) is 0 Å². The Labute approximate surface area is 149 Å². The molecular formula is C17H18ClN3O4. The minimum Gasteiger partial charge on any atom is -0.481 e. The van der Waals surface area contributed by atoms with E-state index in [4.69, 9.17) is 21.2 Å². The summed E-state index contributed by atoms with van der Waals surface area (Å²) in [6.07, 6.45) is 2.24. The third kappa shape index (κ3) is 4.36. The fourth-order valence-electron chi connectivity index (χ4n) is 2.98. The zero-order valence-corrected chi connectivity index (χ0v) is 14.2. The SMILES string of the molecule is O=C(O)C1CCC(C(=O)NCc2nc(-c3cccc(Cl)c3)no2)CC1. The number of carboxylic acids is 1. The van der Waals surface area contributed by atoms with Gasteiger partial charge in [0.2, 0.25) is 17.6 Å². The molecule has 3 rings (SSSR count). The minimum atomic E-state index is -0.779. The quantitative estimate of drug-likeness (QED) is 0.846. The maximum Gasteiger partial charge on any atom is 0.306 e. The highest BCUT2D eigenvalue weighted by Crippen LogP contribution is 2.29. The summed E-state index contributed by atoms with van der Waals surface area (Å²) in [4.78, 5) is 27.4. The third-order valence-electron chi connectivity index (χ3n) is 4.41. The van der Waals surface area contributed by atoms with Gasteiger partial charge in [-0.05, 0) is 37.8 Å². The van der Waals surface area contributed by atoms with Crippen LogP contribution in [0.4, 0.5) is 0 Å². The number of aliphatic carboxylic acids is 1. The molecular weight excluding hydrogens is 346 g/mol. The van der Waals surface area contributed by atoms with Crippen LogP contribution >= 0.6 is 11.6 Å². The van der Waals surface area contributed by atoms with Crippen LogP contribution in [-0.2, 0) is 16.1 Å². The molecule has 2 N–H and O–H groups in total. The Hall–Kier alpha value is -2.41. The van der Waals surface area contributed by atoms with Crippen LogP contribution in [0.2, 0.25) is 5.02 Å². The van der Waals surface area contributed by atoms with Crippen molar-refractivity contribution >= 4 is 23.5 Å². The predicted octanol–water partition coefficient (Wildman–Crippen LogP) is 2.90. The Morgan fingerprint density at radius 3 is 2.64 bits per heavy atom. The molecule has 7 nitrogen and oxygen atoms in total. The summed E-state index contributed by atoms with van der Waals surface area (Å²) < 4.78 is 5.15. The maximum absolute atomic E-state index is 12.2. The van der Waals surface area contributed by atoms with E-state index in [0.717, 1.165) is 5.56 Å². The van der Waals surface area contributed by atoms with E-state index in [1.165, 1.54) is 0 Å². The lowest BCUT2D eigenvalue weighted by molar-refractivity contribution is -0.144. The van der Waals surface area contributed by atoms with Crippen LogP contribution in [0, 0.1) is 11.8 Å². The summed E-state index contributed by atoms with van der Waals surface area (Å²) in [6, 6.07) is 7.10. The monoisotopic (exact) mass is 363 g/mol. The predicted molar refractivity (Wildman–Crippen MR) is 89.7 cm³/mol. The molecule has 1 amide bonds. The van der Waals surface area contributed by atoms with Gasteiger partial charge in [-0.2, -0.15) is 4.98 Å². The molecule has 1 aliphatic carbocycles. The highest BCUT2D eigenvalue weighted by atomic mass is 35.5. The molecule has 0 bridgehead atoms. The number of halogens is 1. The van der Waals surface area contributed by atoms with Crippen LogP contribution in [0.25, 0.3) is 11.4 Å². The van der Waals surface area contributed by atoms with Gasteiger partial charge in [0, 0.05) is 16.5 Å². The number of benzene rings is 1. The summed E-state index contributed by atoms with van der Waals surface area (Å²) in [5, 5.41) is 16.2. The second kappa shape index (κ2) is 7.65. The fraction of sp³-hybridized carbons (Fsp3) is 0.412. The molecule has 0 atom stereocenters. The van der Waals surface area contributed by atoms with Gasteiger partial charge in [0.1, 0.15) is 0 Å². The van der Waals surface area contributed by atoms with Crippen molar-refractivity contribution in [1.82, 2.24) is 15.5 Å². The number of carboxylic acid groups (broad SMARTS) is 1. The number of hydrogen-bond donors (Lipinski definition) is 2. The van der Waals surface area contributed by atoms with Crippen molar-refractivity contribution in [2.24, 2.45) is 11.8 Å². The number of carbonyl (C=O) groups excluding carboxylic acids is 1. The summed E-state index contributed by atoms with van der Waals surface area (Å²) in [5.74, 6) is -0.660. The molecule has 8 heteroatoms. The zero-order chi connectivity index (χ0) is 17.8. The Morgan fingerprint density at radius 1 is 1.24 bits per heavy atom. The molecule has 0 radical (unpaired) electrons. The van der Waals surface area contributed by atoms with Crippen LogP contribution in [0.3, 0.4) is 0 Å². The highest BCUT2D eigenvalue weighted by molar-refractivity contribution is 6.30. The molecule has 1 saturated carbocycles. The number of hydrogen-bond acceptors (Lipinski definition) is 5. The second-order valence-corrected chi connectivity index (χ2v) is 6.56. The summed E-state index contributed by atoms with van der Waals surface area (Å²) in [6.45, 7) is 0.144. The van der Waals surface area contributed by atoms with Crippen LogP contribution in [0.1, 0.15) is 31.6 Å². The number of rotatable bonds is 5. The van der Waals surface area contributed by atoms with E-state index in [0.29, 0.717) is 42.4 Å². The minimum absolute atomic E-state index is 0.105. The van der Waals surface area contributed by atoms with Gasteiger partial charge >= 0.3 is 5.97 Å². The smallest absolute Gasteiger partial charge is 0.306 e. The Bertz CT molecular complexity index is 769. The van der Waals surface area contributed by atoms with Crippen molar-refractivity contribution < 1.29 is 19.2 Å². The average molecular weight is 364 g/mol.